The molecule has 3 nitrogen and oxygen atoms in total. The van der Waals surface area contributed by atoms with E-state index in [1.165, 1.54) is 0 Å². The minimum atomic E-state index is -0.893. The van der Waals surface area contributed by atoms with Gasteiger partial charge in [-0.3, -0.25) is 4.79 Å². The van der Waals surface area contributed by atoms with Crippen molar-refractivity contribution in [2.45, 2.75) is 24.3 Å². The van der Waals surface area contributed by atoms with Crippen LogP contribution in [-0.4, -0.2) is 16.2 Å². The van der Waals surface area contributed by atoms with Crippen molar-refractivity contribution in [1.82, 2.24) is 0 Å². The quantitative estimate of drug-likeness (QED) is 0.668. The van der Waals surface area contributed by atoms with E-state index in [1.54, 1.807) is 25.1 Å². The molecule has 0 aromatic heterocycles. The van der Waals surface area contributed by atoms with Gasteiger partial charge in [-0.1, -0.05) is 12.1 Å². The largest absolute Gasteiger partial charge is 0.481 e. The molecular formula is C10H12O3S. The lowest BCUT2D eigenvalue weighted by atomic mass is 9.99. The molecule has 1 atom stereocenters. The van der Waals surface area contributed by atoms with Crippen LogP contribution >= 0.6 is 12.6 Å². The fraction of sp³-hybridized carbons (Fsp3) is 0.300. The van der Waals surface area contributed by atoms with E-state index < -0.39 is 11.9 Å². The van der Waals surface area contributed by atoms with E-state index in [0.29, 0.717) is 16.0 Å². The molecule has 0 radical (unpaired) electrons. The first-order valence-corrected chi connectivity index (χ1v) is 4.66. The summed E-state index contributed by atoms with van der Waals surface area (Å²) in [5.41, 5.74) is 1.33. The van der Waals surface area contributed by atoms with Gasteiger partial charge in [0.1, 0.15) is 0 Å². The Labute approximate surface area is 87.8 Å². The van der Waals surface area contributed by atoms with Gasteiger partial charge in [0.25, 0.3) is 0 Å². The monoisotopic (exact) mass is 212 g/mol. The average molecular weight is 212 g/mol. The van der Waals surface area contributed by atoms with E-state index in [0.717, 1.165) is 0 Å². The van der Waals surface area contributed by atoms with E-state index >= 15 is 0 Å². The first kappa shape index (κ1) is 11.1. The Kier molecular flexibility index (Phi) is 3.55. The summed E-state index contributed by atoms with van der Waals surface area (Å²) in [7, 11) is 0. The maximum atomic E-state index is 10.8. The first-order valence-electron chi connectivity index (χ1n) is 4.21. The molecule has 2 N–H and O–H groups in total. The lowest BCUT2D eigenvalue weighted by Crippen LogP contribution is -2.08. The number of aliphatic carboxylic acids is 1. The van der Waals surface area contributed by atoms with Gasteiger partial charge >= 0.3 is 5.97 Å². The zero-order valence-corrected chi connectivity index (χ0v) is 8.66. The minimum absolute atomic E-state index is 0.0899. The molecule has 0 amide bonds. The van der Waals surface area contributed by atoms with Gasteiger partial charge in [-0.2, -0.15) is 0 Å². The lowest BCUT2D eigenvalue weighted by Gasteiger charge is -2.10. The topological polar surface area (TPSA) is 57.5 Å². The molecule has 1 aromatic rings. The number of thiol groups is 1. The van der Waals surface area contributed by atoms with Crippen LogP contribution in [0, 0.1) is 0 Å². The molecular weight excluding hydrogens is 200 g/mol. The highest BCUT2D eigenvalue weighted by atomic mass is 32.1. The molecule has 0 spiro atoms. The Balaban J connectivity index is 3.11. The minimum Gasteiger partial charge on any atom is -0.481 e. The molecule has 76 valence electrons. The van der Waals surface area contributed by atoms with Gasteiger partial charge < -0.3 is 10.2 Å². The number of rotatable bonds is 3. The summed E-state index contributed by atoms with van der Waals surface area (Å²) in [4.78, 5) is 11.4. The zero-order chi connectivity index (χ0) is 10.7. The smallest absolute Gasteiger partial charge is 0.310 e. The molecule has 1 unspecified atom stereocenters. The summed E-state index contributed by atoms with van der Waals surface area (Å²) >= 11 is 4.17. The van der Waals surface area contributed by atoms with Crippen molar-refractivity contribution in [2.75, 3.05) is 0 Å². The second-order valence-electron chi connectivity index (χ2n) is 3.11. The van der Waals surface area contributed by atoms with Crippen LogP contribution in [0.15, 0.2) is 23.1 Å². The van der Waals surface area contributed by atoms with Crippen molar-refractivity contribution >= 4 is 18.6 Å². The molecule has 0 aliphatic heterocycles. The third kappa shape index (κ3) is 2.27. The predicted octanol–water partition coefficient (Wildman–Crippen LogP) is 1.66. The second-order valence-corrected chi connectivity index (χ2v) is 3.59. The number of carbonyl (C=O) groups is 1. The molecule has 1 rings (SSSR count). The Bertz CT molecular complexity index is 349. The molecule has 0 aliphatic rings. The predicted molar refractivity (Wildman–Crippen MR) is 55.7 cm³/mol. The fourth-order valence-electron chi connectivity index (χ4n) is 1.18. The van der Waals surface area contributed by atoms with E-state index in [4.69, 9.17) is 10.2 Å². The lowest BCUT2D eigenvalue weighted by molar-refractivity contribution is -0.138. The van der Waals surface area contributed by atoms with Gasteiger partial charge in [0.2, 0.25) is 0 Å². The van der Waals surface area contributed by atoms with Gasteiger partial charge in [0.15, 0.2) is 0 Å². The van der Waals surface area contributed by atoms with Crippen molar-refractivity contribution in [3.8, 4) is 0 Å². The summed E-state index contributed by atoms with van der Waals surface area (Å²) in [6, 6.07) is 5.09. The molecule has 14 heavy (non-hydrogen) atoms. The first-order chi connectivity index (χ1) is 6.56. The molecule has 0 saturated heterocycles. The van der Waals surface area contributed by atoms with Crippen molar-refractivity contribution in [2.24, 2.45) is 0 Å². The number of aliphatic hydroxyl groups excluding tert-OH is 1. The molecule has 0 aliphatic carbocycles. The van der Waals surface area contributed by atoms with Crippen LogP contribution in [-0.2, 0) is 11.4 Å². The van der Waals surface area contributed by atoms with Crippen molar-refractivity contribution in [3.05, 3.63) is 29.3 Å². The van der Waals surface area contributed by atoms with Crippen LogP contribution in [0.5, 0.6) is 0 Å². The van der Waals surface area contributed by atoms with Crippen LogP contribution in [0.25, 0.3) is 0 Å². The number of carboxylic acid groups (broad SMARTS) is 1. The van der Waals surface area contributed by atoms with Crippen LogP contribution in [0.2, 0.25) is 0 Å². The summed E-state index contributed by atoms with van der Waals surface area (Å²) in [6.45, 7) is 1.51. The van der Waals surface area contributed by atoms with E-state index in [2.05, 4.69) is 12.6 Å². The second kappa shape index (κ2) is 4.48. The molecule has 4 heteroatoms. The highest BCUT2D eigenvalue weighted by Gasteiger charge is 2.16. The SMILES string of the molecule is CC(C(=O)O)c1cc(CO)ccc1S. The Morgan fingerprint density at radius 1 is 1.57 bits per heavy atom. The molecule has 0 saturated carbocycles. The van der Waals surface area contributed by atoms with Crippen molar-refractivity contribution in [3.63, 3.8) is 0 Å². The Morgan fingerprint density at radius 2 is 2.21 bits per heavy atom. The fourth-order valence-corrected chi connectivity index (χ4v) is 1.51. The number of benzene rings is 1. The van der Waals surface area contributed by atoms with Crippen LogP contribution < -0.4 is 0 Å². The molecule has 0 bridgehead atoms. The summed E-state index contributed by atoms with van der Waals surface area (Å²) in [5.74, 6) is -1.50. The van der Waals surface area contributed by atoms with Crippen LogP contribution in [0.4, 0.5) is 0 Å². The maximum absolute atomic E-state index is 10.8. The number of hydrogen-bond donors (Lipinski definition) is 3. The summed E-state index contributed by atoms with van der Waals surface area (Å²) < 4.78 is 0. The van der Waals surface area contributed by atoms with E-state index in [9.17, 15) is 4.79 Å². The third-order valence-electron chi connectivity index (χ3n) is 2.11. The number of hydrogen-bond acceptors (Lipinski definition) is 3. The van der Waals surface area contributed by atoms with Gasteiger partial charge in [-0.15, -0.1) is 12.6 Å². The normalized spacial score (nSPS) is 12.5. The van der Waals surface area contributed by atoms with Crippen LogP contribution in [0.1, 0.15) is 24.0 Å². The molecule has 1 aromatic carbocycles. The van der Waals surface area contributed by atoms with Crippen molar-refractivity contribution < 1.29 is 15.0 Å². The van der Waals surface area contributed by atoms with Gasteiger partial charge in [-0.25, -0.2) is 0 Å². The maximum Gasteiger partial charge on any atom is 0.310 e. The third-order valence-corrected chi connectivity index (χ3v) is 2.52. The van der Waals surface area contributed by atoms with E-state index in [-0.39, 0.29) is 6.61 Å². The van der Waals surface area contributed by atoms with Gasteiger partial charge in [-0.05, 0) is 24.1 Å². The summed E-state index contributed by atoms with van der Waals surface area (Å²) in [5, 5.41) is 17.7. The standard InChI is InChI=1S/C10H12O3S/c1-6(10(12)13)8-4-7(5-11)2-3-9(8)14/h2-4,6,11,14H,5H2,1H3,(H,12,13). The zero-order valence-electron chi connectivity index (χ0n) is 7.77. The molecule has 0 fully saturated rings. The Morgan fingerprint density at radius 3 is 2.71 bits per heavy atom. The van der Waals surface area contributed by atoms with Crippen molar-refractivity contribution in [1.29, 1.82) is 0 Å². The average Bonchev–Trinajstić information content (AvgIpc) is 2.17. The van der Waals surface area contributed by atoms with E-state index in [1.807, 2.05) is 0 Å². The molecule has 0 heterocycles. The summed E-state index contributed by atoms with van der Waals surface area (Å²) in [6.07, 6.45) is 0. The number of carboxylic acids is 1. The number of aliphatic hydroxyl groups is 1. The van der Waals surface area contributed by atoms with Gasteiger partial charge in [0.05, 0.1) is 12.5 Å². The highest BCUT2D eigenvalue weighted by molar-refractivity contribution is 7.80. The van der Waals surface area contributed by atoms with Gasteiger partial charge in [0, 0.05) is 4.90 Å². The highest BCUT2D eigenvalue weighted by Crippen LogP contribution is 2.24. The Hall–Kier alpha value is -1.00. The van der Waals surface area contributed by atoms with Crippen LogP contribution in [0.3, 0.4) is 0 Å².